The Kier molecular flexibility index (Phi) is 12.2. The molecule has 7 aromatic carbocycles. The molecule has 7 aromatic rings. The Bertz CT molecular complexity index is 2070. The average molecular weight is 808 g/mol. The van der Waals surface area contributed by atoms with Gasteiger partial charge in [0, 0.05) is 11.4 Å². The summed E-state index contributed by atoms with van der Waals surface area (Å²) in [5.74, 6) is 4.71. The molecule has 0 unspecified atom stereocenters. The number of ether oxygens (including phenoxy) is 6. The lowest BCUT2D eigenvalue weighted by Crippen LogP contribution is -2.00. The van der Waals surface area contributed by atoms with Crippen LogP contribution in [-0.4, -0.2) is 28.4 Å². The van der Waals surface area contributed by atoms with Gasteiger partial charge in [-0.2, -0.15) is 0 Å². The first kappa shape index (κ1) is 38.1. The number of rotatable bonds is 15. The van der Waals surface area contributed by atoms with E-state index in [-0.39, 0.29) is 0 Å². The monoisotopic (exact) mass is 806 g/mol. The Hall–Kier alpha value is -6.18. The van der Waals surface area contributed by atoms with Crippen LogP contribution < -0.4 is 28.4 Å². The number of halogens is 1. The molecule has 0 atom stereocenters. The molecular weight excluding hydrogens is 764 g/mol. The van der Waals surface area contributed by atoms with E-state index in [0.29, 0.717) is 18.5 Å². The average Bonchev–Trinajstić information content (AvgIpc) is 3.27. The van der Waals surface area contributed by atoms with Crippen molar-refractivity contribution in [3.8, 4) is 79.0 Å². The molecule has 0 aromatic heterocycles. The lowest BCUT2D eigenvalue weighted by atomic mass is 9.96. The minimum atomic E-state index is 0.369. The molecule has 0 amide bonds. The molecule has 0 spiro atoms. The van der Waals surface area contributed by atoms with Gasteiger partial charge in [0.2, 0.25) is 0 Å². The van der Waals surface area contributed by atoms with Crippen LogP contribution in [0.2, 0.25) is 0 Å². The molecule has 0 radical (unpaired) electrons. The van der Waals surface area contributed by atoms with E-state index in [1.54, 1.807) is 28.4 Å². The van der Waals surface area contributed by atoms with Gasteiger partial charge in [0.25, 0.3) is 0 Å². The second-order valence-electron chi connectivity index (χ2n) is 13.3. The van der Waals surface area contributed by atoms with E-state index in [2.05, 4.69) is 101 Å². The maximum atomic E-state index is 6.51. The number of benzene rings is 7. The van der Waals surface area contributed by atoms with E-state index in [1.165, 1.54) is 0 Å². The van der Waals surface area contributed by atoms with Crippen LogP contribution >= 0.6 is 15.9 Å². The Labute approximate surface area is 337 Å². The van der Waals surface area contributed by atoms with E-state index in [9.17, 15) is 0 Å². The Morgan fingerprint density at radius 1 is 0.304 bits per heavy atom. The largest absolute Gasteiger partial charge is 0.497 e. The second kappa shape index (κ2) is 18.0. The Morgan fingerprint density at radius 2 is 0.589 bits per heavy atom. The standard InChI is InChI=1S/C49H43BrO6/c1-51-44-13-5-36(6-14-44)40-21-34(22-41(27-40)37-7-15-45(52-2)16-8-37)31-55-48-25-33(30-50)26-49(29-48)56-32-35-23-42(38-9-17-46(53-3)18-10-38)28-43(24-35)39-11-19-47(54-4)20-12-39/h5-29H,30-32H2,1-4H3. The fourth-order valence-corrected chi connectivity index (χ4v) is 6.88. The quantitative estimate of drug-likeness (QED) is 0.0962. The van der Waals surface area contributed by atoms with Crippen LogP contribution in [0.25, 0.3) is 44.5 Å². The van der Waals surface area contributed by atoms with Crippen molar-refractivity contribution in [2.45, 2.75) is 18.5 Å². The SMILES string of the molecule is COc1ccc(-c2cc(COc3cc(CBr)cc(OCc4cc(-c5ccc(OC)cc5)cc(-c5ccc(OC)cc5)c4)c3)cc(-c3ccc(OC)cc3)c2)cc1. The molecule has 0 aliphatic heterocycles. The molecule has 0 N–H and O–H groups in total. The van der Waals surface area contributed by atoms with Crippen LogP contribution in [0.1, 0.15) is 16.7 Å². The summed E-state index contributed by atoms with van der Waals surface area (Å²) >= 11 is 3.65. The van der Waals surface area contributed by atoms with Gasteiger partial charge in [-0.05, 0) is 158 Å². The molecule has 282 valence electrons. The number of alkyl halides is 1. The molecule has 0 bridgehead atoms. The smallest absolute Gasteiger partial charge is 0.123 e. The zero-order valence-electron chi connectivity index (χ0n) is 31.9. The highest BCUT2D eigenvalue weighted by Crippen LogP contribution is 2.34. The summed E-state index contributed by atoms with van der Waals surface area (Å²) in [5.41, 5.74) is 11.8. The molecule has 0 saturated carbocycles. The molecule has 0 aliphatic rings. The molecule has 7 rings (SSSR count). The van der Waals surface area contributed by atoms with Crippen molar-refractivity contribution in [1.29, 1.82) is 0 Å². The van der Waals surface area contributed by atoms with Gasteiger partial charge in [-0.1, -0.05) is 64.5 Å². The van der Waals surface area contributed by atoms with Gasteiger partial charge >= 0.3 is 0 Å². The zero-order valence-corrected chi connectivity index (χ0v) is 33.5. The van der Waals surface area contributed by atoms with Crippen LogP contribution in [0.5, 0.6) is 34.5 Å². The molecule has 0 aliphatic carbocycles. The van der Waals surface area contributed by atoms with Crippen molar-refractivity contribution in [3.05, 3.63) is 168 Å². The first-order valence-electron chi connectivity index (χ1n) is 18.2. The van der Waals surface area contributed by atoms with Crippen molar-refractivity contribution in [1.82, 2.24) is 0 Å². The normalized spacial score (nSPS) is 10.8. The molecule has 56 heavy (non-hydrogen) atoms. The molecule has 0 heterocycles. The van der Waals surface area contributed by atoms with Crippen molar-refractivity contribution < 1.29 is 28.4 Å². The second-order valence-corrected chi connectivity index (χ2v) is 13.8. The lowest BCUT2D eigenvalue weighted by Gasteiger charge is -2.15. The third-order valence-electron chi connectivity index (χ3n) is 9.58. The van der Waals surface area contributed by atoms with Crippen molar-refractivity contribution in [2.24, 2.45) is 0 Å². The first-order chi connectivity index (χ1) is 27.4. The van der Waals surface area contributed by atoms with Gasteiger partial charge in [-0.15, -0.1) is 0 Å². The molecule has 7 heteroatoms. The predicted octanol–water partition coefficient (Wildman–Crippen LogP) is 12.4. The summed E-state index contributed by atoms with van der Waals surface area (Å²) in [5, 5.41) is 0.656. The van der Waals surface area contributed by atoms with Crippen LogP contribution in [0.15, 0.2) is 152 Å². The van der Waals surface area contributed by atoms with Crippen molar-refractivity contribution in [3.63, 3.8) is 0 Å². The minimum Gasteiger partial charge on any atom is -0.497 e. The van der Waals surface area contributed by atoms with E-state index in [4.69, 9.17) is 28.4 Å². The molecule has 0 fully saturated rings. The van der Waals surface area contributed by atoms with E-state index < -0.39 is 0 Å². The maximum Gasteiger partial charge on any atom is 0.123 e. The van der Waals surface area contributed by atoms with Gasteiger partial charge in [0.15, 0.2) is 0 Å². The van der Waals surface area contributed by atoms with Gasteiger partial charge < -0.3 is 28.4 Å². The third kappa shape index (κ3) is 9.36. The van der Waals surface area contributed by atoms with Crippen molar-refractivity contribution >= 4 is 15.9 Å². The fraction of sp³-hybridized carbons (Fsp3) is 0.143. The molecular formula is C49H43BrO6. The van der Waals surface area contributed by atoms with Crippen LogP contribution in [-0.2, 0) is 18.5 Å². The van der Waals surface area contributed by atoms with E-state index in [1.807, 2.05) is 66.7 Å². The maximum absolute atomic E-state index is 6.51. The van der Waals surface area contributed by atoms with Crippen LogP contribution in [0.4, 0.5) is 0 Å². The van der Waals surface area contributed by atoms with Crippen molar-refractivity contribution in [2.75, 3.05) is 28.4 Å². The highest BCUT2D eigenvalue weighted by Gasteiger charge is 2.12. The predicted molar refractivity (Wildman–Crippen MR) is 229 cm³/mol. The topological polar surface area (TPSA) is 55.4 Å². The summed E-state index contributed by atoms with van der Waals surface area (Å²) < 4.78 is 34.7. The highest BCUT2D eigenvalue weighted by molar-refractivity contribution is 9.08. The first-order valence-corrected chi connectivity index (χ1v) is 19.4. The molecule has 6 nitrogen and oxygen atoms in total. The van der Waals surface area contributed by atoms with Crippen LogP contribution in [0, 0.1) is 0 Å². The summed E-state index contributed by atoms with van der Waals surface area (Å²) in [6.07, 6.45) is 0. The highest BCUT2D eigenvalue weighted by atomic mass is 79.9. The minimum absolute atomic E-state index is 0.369. The number of hydrogen-bond donors (Lipinski definition) is 0. The number of methoxy groups -OCH3 is 4. The summed E-state index contributed by atoms with van der Waals surface area (Å²) in [7, 11) is 6.71. The number of hydrogen-bond acceptors (Lipinski definition) is 6. The Balaban J connectivity index is 1.14. The van der Waals surface area contributed by atoms with Gasteiger partial charge in [-0.25, -0.2) is 0 Å². The molecule has 0 saturated heterocycles. The van der Waals surface area contributed by atoms with Gasteiger partial charge in [0.05, 0.1) is 28.4 Å². The van der Waals surface area contributed by atoms with Gasteiger partial charge in [-0.3, -0.25) is 0 Å². The lowest BCUT2D eigenvalue weighted by molar-refractivity contribution is 0.289. The van der Waals surface area contributed by atoms with Gasteiger partial charge in [0.1, 0.15) is 47.7 Å². The summed E-state index contributed by atoms with van der Waals surface area (Å²) in [6, 6.07) is 51.6. The van der Waals surface area contributed by atoms with E-state index in [0.717, 1.165) is 95.7 Å². The Morgan fingerprint density at radius 3 is 0.839 bits per heavy atom. The van der Waals surface area contributed by atoms with E-state index >= 15 is 0 Å². The summed E-state index contributed by atoms with van der Waals surface area (Å²) in [6.45, 7) is 0.737. The fourth-order valence-electron chi connectivity index (χ4n) is 6.56. The van der Waals surface area contributed by atoms with Crippen LogP contribution in [0.3, 0.4) is 0 Å². The summed E-state index contributed by atoms with van der Waals surface area (Å²) in [4.78, 5) is 0. The zero-order chi connectivity index (χ0) is 38.9. The third-order valence-corrected chi connectivity index (χ3v) is 10.2.